The summed E-state index contributed by atoms with van der Waals surface area (Å²) >= 11 is 5.68. The van der Waals surface area contributed by atoms with Crippen LogP contribution in [0.15, 0.2) is 42.0 Å². The molecule has 0 saturated heterocycles. The smallest absolute Gasteiger partial charge is 0.0270 e. The second-order valence-electron chi connectivity index (χ2n) is 4.56. The molecule has 0 N–H and O–H groups in total. The van der Waals surface area contributed by atoms with Crippen molar-refractivity contribution in [2.75, 3.05) is 0 Å². The van der Waals surface area contributed by atoms with Gasteiger partial charge in [-0.05, 0) is 54.3 Å². The molecule has 0 amide bonds. The van der Waals surface area contributed by atoms with Crippen LogP contribution in [0.3, 0.4) is 0 Å². The van der Waals surface area contributed by atoms with E-state index in [1.165, 1.54) is 29.7 Å². The Bertz CT molecular complexity index is 441. The van der Waals surface area contributed by atoms with E-state index < -0.39 is 0 Å². The molecule has 0 bridgehead atoms. The summed E-state index contributed by atoms with van der Waals surface area (Å²) in [5.74, 6) is 0.538. The van der Waals surface area contributed by atoms with E-state index in [4.69, 9.17) is 0 Å². The third-order valence-electron chi connectivity index (χ3n) is 3.26. The van der Waals surface area contributed by atoms with E-state index in [9.17, 15) is 0 Å². The van der Waals surface area contributed by atoms with Crippen molar-refractivity contribution in [2.45, 2.75) is 36.9 Å². The van der Waals surface area contributed by atoms with Gasteiger partial charge >= 0.3 is 0 Å². The largest absolute Gasteiger partial charge is 0.265 e. The van der Waals surface area contributed by atoms with Crippen molar-refractivity contribution in [3.8, 4) is 0 Å². The van der Waals surface area contributed by atoms with Crippen molar-refractivity contribution in [1.29, 1.82) is 0 Å². The first kappa shape index (κ1) is 13.8. The number of rotatable bonds is 6. The minimum absolute atomic E-state index is 0.538. The van der Waals surface area contributed by atoms with Gasteiger partial charge in [0.25, 0.3) is 0 Å². The van der Waals surface area contributed by atoms with E-state index in [2.05, 4.69) is 57.5 Å². The number of thiophene rings is 1. The van der Waals surface area contributed by atoms with Crippen LogP contribution in [0.1, 0.15) is 36.1 Å². The Hall–Kier alpha value is -0.670. The molecule has 0 fully saturated rings. The summed E-state index contributed by atoms with van der Waals surface area (Å²) in [6.45, 7) is 2.28. The highest BCUT2D eigenvalue weighted by atomic mass is 79.9. The quantitative estimate of drug-likeness (QED) is 0.679. The van der Waals surface area contributed by atoms with Gasteiger partial charge in [-0.2, -0.15) is 0 Å². The van der Waals surface area contributed by atoms with Gasteiger partial charge in [-0.3, -0.25) is 4.98 Å². The van der Waals surface area contributed by atoms with Gasteiger partial charge in [0, 0.05) is 22.1 Å². The molecule has 2 unspecified atom stereocenters. The lowest BCUT2D eigenvalue weighted by molar-refractivity contribution is 0.630. The summed E-state index contributed by atoms with van der Waals surface area (Å²) < 4.78 is 0. The molecule has 2 aromatic rings. The van der Waals surface area contributed by atoms with E-state index >= 15 is 0 Å². The third kappa shape index (κ3) is 3.92. The minimum atomic E-state index is 0.538. The second kappa shape index (κ2) is 7.05. The summed E-state index contributed by atoms with van der Waals surface area (Å²) in [5, 5.41) is 2.15. The molecule has 0 radical (unpaired) electrons. The van der Waals surface area contributed by atoms with E-state index in [0.29, 0.717) is 10.7 Å². The Kier molecular flexibility index (Phi) is 5.39. The average Bonchev–Trinajstić information content (AvgIpc) is 2.92. The van der Waals surface area contributed by atoms with Crippen molar-refractivity contribution >= 4 is 27.3 Å². The zero-order chi connectivity index (χ0) is 12.8. The molecule has 2 aromatic heterocycles. The summed E-state index contributed by atoms with van der Waals surface area (Å²) in [6.07, 6.45) is 7.39. The normalized spacial score (nSPS) is 14.3. The highest BCUT2D eigenvalue weighted by Crippen LogP contribution is 2.28. The molecule has 0 spiro atoms. The Morgan fingerprint density at radius 2 is 2.06 bits per heavy atom. The molecule has 0 aliphatic rings. The average molecular weight is 324 g/mol. The molecular weight excluding hydrogens is 306 g/mol. The fraction of sp³-hybridized carbons (Fsp3) is 0.400. The van der Waals surface area contributed by atoms with E-state index in [0.717, 1.165) is 0 Å². The first-order valence-corrected chi connectivity index (χ1v) is 8.13. The fourth-order valence-electron chi connectivity index (χ4n) is 2.05. The molecule has 2 atom stereocenters. The number of halogens is 1. The van der Waals surface area contributed by atoms with Crippen LogP contribution >= 0.6 is 27.3 Å². The zero-order valence-corrected chi connectivity index (χ0v) is 13.0. The highest BCUT2D eigenvalue weighted by molar-refractivity contribution is 9.09. The van der Waals surface area contributed by atoms with Crippen LogP contribution < -0.4 is 0 Å². The van der Waals surface area contributed by atoms with Crippen LogP contribution in [-0.4, -0.2) is 9.81 Å². The molecule has 0 saturated carbocycles. The van der Waals surface area contributed by atoms with Crippen LogP contribution in [0.2, 0.25) is 0 Å². The standard InChI is InChI=1S/C15H18BrNS/c1-12(13-7-9-17-10-8-13)15(16)6-2-4-14-5-3-11-18-14/h3,5,7-12,15H,2,4,6H2,1H3. The monoisotopic (exact) mass is 323 g/mol. The number of pyridine rings is 1. The van der Waals surface area contributed by atoms with Gasteiger partial charge in [-0.15, -0.1) is 11.3 Å². The van der Waals surface area contributed by atoms with Gasteiger partial charge in [-0.1, -0.05) is 28.9 Å². The van der Waals surface area contributed by atoms with E-state index in [1.807, 2.05) is 23.7 Å². The zero-order valence-electron chi connectivity index (χ0n) is 10.6. The Morgan fingerprint density at radius 3 is 2.72 bits per heavy atom. The van der Waals surface area contributed by atoms with Crippen LogP contribution in [0.4, 0.5) is 0 Å². The van der Waals surface area contributed by atoms with Crippen LogP contribution in [-0.2, 0) is 6.42 Å². The summed E-state index contributed by atoms with van der Waals surface area (Å²) in [7, 11) is 0. The lowest BCUT2D eigenvalue weighted by Crippen LogP contribution is -2.09. The molecular formula is C15H18BrNS. The van der Waals surface area contributed by atoms with E-state index in [1.54, 1.807) is 0 Å². The van der Waals surface area contributed by atoms with E-state index in [-0.39, 0.29) is 0 Å². The van der Waals surface area contributed by atoms with Gasteiger partial charge in [0.2, 0.25) is 0 Å². The number of hydrogen-bond donors (Lipinski definition) is 0. The Balaban J connectivity index is 1.79. The summed E-state index contributed by atoms with van der Waals surface area (Å²) in [5.41, 5.74) is 1.36. The second-order valence-corrected chi connectivity index (χ2v) is 6.77. The first-order valence-electron chi connectivity index (χ1n) is 6.33. The Labute approximate surface area is 121 Å². The number of hydrogen-bond acceptors (Lipinski definition) is 2. The third-order valence-corrected chi connectivity index (χ3v) is 5.44. The molecule has 0 aromatic carbocycles. The van der Waals surface area contributed by atoms with Gasteiger partial charge < -0.3 is 0 Å². The van der Waals surface area contributed by atoms with Gasteiger partial charge in [0.15, 0.2) is 0 Å². The number of aryl methyl sites for hydroxylation is 1. The number of aromatic nitrogens is 1. The van der Waals surface area contributed by atoms with Crippen molar-refractivity contribution < 1.29 is 0 Å². The summed E-state index contributed by atoms with van der Waals surface area (Å²) in [6, 6.07) is 8.57. The molecule has 3 heteroatoms. The maximum atomic E-state index is 4.07. The van der Waals surface area contributed by atoms with Crippen molar-refractivity contribution in [1.82, 2.24) is 4.98 Å². The maximum absolute atomic E-state index is 4.07. The fourth-order valence-corrected chi connectivity index (χ4v) is 3.43. The SMILES string of the molecule is CC(c1ccncc1)C(Br)CCCc1cccs1. The minimum Gasteiger partial charge on any atom is -0.265 e. The van der Waals surface area contributed by atoms with Crippen LogP contribution in [0.5, 0.6) is 0 Å². The predicted molar refractivity (Wildman–Crippen MR) is 82.6 cm³/mol. The van der Waals surface area contributed by atoms with Gasteiger partial charge in [0.05, 0.1) is 0 Å². The molecule has 2 heterocycles. The molecule has 1 nitrogen and oxygen atoms in total. The highest BCUT2D eigenvalue weighted by Gasteiger charge is 2.15. The van der Waals surface area contributed by atoms with Crippen molar-refractivity contribution in [3.63, 3.8) is 0 Å². The number of nitrogens with zero attached hydrogens (tertiary/aromatic N) is 1. The maximum Gasteiger partial charge on any atom is 0.0270 e. The van der Waals surface area contributed by atoms with Crippen molar-refractivity contribution in [2.24, 2.45) is 0 Å². The molecule has 0 aliphatic heterocycles. The van der Waals surface area contributed by atoms with Gasteiger partial charge in [-0.25, -0.2) is 0 Å². The topological polar surface area (TPSA) is 12.9 Å². The number of alkyl halides is 1. The molecule has 0 aliphatic carbocycles. The summed E-state index contributed by atoms with van der Waals surface area (Å²) in [4.78, 5) is 6.10. The molecule has 96 valence electrons. The van der Waals surface area contributed by atoms with Gasteiger partial charge in [0.1, 0.15) is 0 Å². The molecule has 2 rings (SSSR count). The lowest BCUT2D eigenvalue weighted by atomic mass is 9.96. The van der Waals surface area contributed by atoms with Crippen molar-refractivity contribution in [3.05, 3.63) is 52.5 Å². The first-order chi connectivity index (χ1) is 8.77. The Morgan fingerprint density at radius 1 is 1.28 bits per heavy atom. The van der Waals surface area contributed by atoms with Crippen LogP contribution in [0, 0.1) is 0 Å². The lowest BCUT2D eigenvalue weighted by Gasteiger charge is -2.18. The predicted octanol–water partition coefficient (Wildman–Crippen LogP) is 5.03. The molecule has 18 heavy (non-hydrogen) atoms. The van der Waals surface area contributed by atoms with Crippen LogP contribution in [0.25, 0.3) is 0 Å².